The van der Waals surface area contributed by atoms with Crippen LogP contribution >= 0.6 is 11.8 Å². The molecule has 2 aromatic rings. The Morgan fingerprint density at radius 3 is 2.64 bits per heavy atom. The van der Waals surface area contributed by atoms with Gasteiger partial charge in [-0.05, 0) is 23.8 Å². The molecule has 0 fully saturated rings. The van der Waals surface area contributed by atoms with E-state index in [4.69, 9.17) is 0 Å². The minimum absolute atomic E-state index is 0.189. The van der Waals surface area contributed by atoms with Crippen molar-refractivity contribution < 1.29 is 9.18 Å². The molecule has 1 N–H and O–H groups in total. The lowest BCUT2D eigenvalue weighted by Gasteiger charge is -2.01. The van der Waals surface area contributed by atoms with Crippen molar-refractivity contribution in [2.24, 2.45) is 5.10 Å². The van der Waals surface area contributed by atoms with E-state index in [1.54, 1.807) is 30.0 Å². The maximum atomic E-state index is 13.3. The predicted octanol–water partition coefficient (Wildman–Crippen LogP) is 3.25. The largest absolute Gasteiger partial charge is 0.272 e. The van der Waals surface area contributed by atoms with Gasteiger partial charge in [0.2, 0.25) is 5.91 Å². The molecule has 0 aliphatic rings. The summed E-state index contributed by atoms with van der Waals surface area (Å²) >= 11 is 1.55. The van der Waals surface area contributed by atoms with Gasteiger partial charge >= 0.3 is 0 Å². The molecule has 2 aromatic carbocycles. The second kappa shape index (κ2) is 9.00. The number of nitrogens with zero attached hydrogens (tertiary/aromatic N) is 1. The number of amides is 1. The van der Waals surface area contributed by atoms with Crippen LogP contribution in [0.3, 0.4) is 0 Å². The molecule has 114 valence electrons. The Kier molecular flexibility index (Phi) is 6.64. The summed E-state index contributed by atoms with van der Waals surface area (Å²) < 4.78 is 13.3. The van der Waals surface area contributed by atoms with E-state index in [0.717, 1.165) is 12.2 Å². The molecule has 0 aliphatic heterocycles. The summed E-state index contributed by atoms with van der Waals surface area (Å²) in [6, 6.07) is 16.4. The molecule has 22 heavy (non-hydrogen) atoms. The van der Waals surface area contributed by atoms with Crippen molar-refractivity contribution in [2.75, 3.05) is 11.5 Å². The van der Waals surface area contributed by atoms with Gasteiger partial charge in [-0.1, -0.05) is 48.5 Å². The molecule has 5 heteroatoms. The van der Waals surface area contributed by atoms with E-state index >= 15 is 0 Å². The Hall–Kier alpha value is -2.14. The van der Waals surface area contributed by atoms with E-state index in [9.17, 15) is 9.18 Å². The number of nitrogens with one attached hydrogen (secondary N) is 1. The highest BCUT2D eigenvalue weighted by Crippen LogP contribution is 2.06. The number of hydrogen-bond acceptors (Lipinski definition) is 3. The number of aryl methyl sites for hydroxylation is 1. The zero-order valence-electron chi connectivity index (χ0n) is 12.0. The van der Waals surface area contributed by atoms with Gasteiger partial charge in [0.15, 0.2) is 0 Å². The van der Waals surface area contributed by atoms with E-state index in [2.05, 4.69) is 22.7 Å². The second-order valence-corrected chi connectivity index (χ2v) is 5.71. The first-order chi connectivity index (χ1) is 10.8. The van der Waals surface area contributed by atoms with Crippen LogP contribution in [0.25, 0.3) is 0 Å². The van der Waals surface area contributed by atoms with Crippen molar-refractivity contribution in [2.45, 2.75) is 6.42 Å². The van der Waals surface area contributed by atoms with Crippen LogP contribution in [0, 0.1) is 5.82 Å². The molecule has 0 spiro atoms. The lowest BCUT2D eigenvalue weighted by atomic mass is 10.2. The van der Waals surface area contributed by atoms with Crippen molar-refractivity contribution in [1.82, 2.24) is 5.43 Å². The van der Waals surface area contributed by atoms with Crippen LogP contribution in [-0.2, 0) is 11.2 Å². The zero-order valence-corrected chi connectivity index (χ0v) is 12.9. The third-order valence-corrected chi connectivity index (χ3v) is 3.87. The van der Waals surface area contributed by atoms with Crippen molar-refractivity contribution in [1.29, 1.82) is 0 Å². The van der Waals surface area contributed by atoms with Gasteiger partial charge in [-0.25, -0.2) is 9.82 Å². The van der Waals surface area contributed by atoms with E-state index in [-0.39, 0.29) is 11.7 Å². The third kappa shape index (κ3) is 5.69. The summed E-state index contributed by atoms with van der Waals surface area (Å²) in [6.07, 6.45) is 2.24. The number of hydrazone groups is 1. The lowest BCUT2D eigenvalue weighted by molar-refractivity contribution is -0.118. The molecule has 0 aliphatic carbocycles. The number of rotatable bonds is 7. The summed E-state index contributed by atoms with van der Waals surface area (Å²) in [6.45, 7) is 0. The maximum Gasteiger partial charge on any atom is 0.250 e. The predicted molar refractivity (Wildman–Crippen MR) is 89.6 cm³/mol. The molecule has 0 radical (unpaired) electrons. The monoisotopic (exact) mass is 316 g/mol. The highest BCUT2D eigenvalue weighted by Gasteiger charge is 2.01. The lowest BCUT2D eigenvalue weighted by Crippen LogP contribution is -2.20. The Balaban J connectivity index is 1.65. The average molecular weight is 316 g/mol. The molecule has 0 saturated carbocycles. The molecular formula is C17H17FN2OS. The number of halogens is 1. The fourth-order valence-electron chi connectivity index (χ4n) is 1.79. The third-order valence-electron chi connectivity index (χ3n) is 2.91. The van der Waals surface area contributed by atoms with Gasteiger partial charge in [-0.2, -0.15) is 16.9 Å². The summed E-state index contributed by atoms with van der Waals surface area (Å²) in [4.78, 5) is 11.6. The molecule has 0 aromatic heterocycles. The zero-order chi connectivity index (χ0) is 15.6. The number of carbonyl (C=O) groups is 1. The quantitative estimate of drug-likeness (QED) is 0.484. The maximum absolute atomic E-state index is 13.3. The molecular weight excluding hydrogens is 299 g/mol. The van der Waals surface area contributed by atoms with Crippen molar-refractivity contribution in [3.63, 3.8) is 0 Å². The molecule has 1 amide bonds. The molecule has 0 bridgehead atoms. The Morgan fingerprint density at radius 2 is 1.86 bits per heavy atom. The van der Waals surface area contributed by atoms with Gasteiger partial charge in [-0.3, -0.25) is 4.79 Å². The highest BCUT2D eigenvalue weighted by atomic mass is 32.2. The number of hydrogen-bond donors (Lipinski definition) is 1. The van der Waals surface area contributed by atoms with Crippen molar-refractivity contribution in [3.05, 3.63) is 71.5 Å². The van der Waals surface area contributed by atoms with Crippen molar-refractivity contribution in [3.8, 4) is 0 Å². The van der Waals surface area contributed by atoms with Gasteiger partial charge in [-0.15, -0.1) is 0 Å². The number of carbonyl (C=O) groups excluding carboxylic acids is 1. The smallest absolute Gasteiger partial charge is 0.250 e. The fraction of sp³-hybridized carbons (Fsp3) is 0.176. The van der Waals surface area contributed by atoms with E-state index in [1.807, 2.05) is 18.2 Å². The molecule has 0 saturated heterocycles. The molecule has 0 atom stereocenters. The van der Waals surface area contributed by atoms with Gasteiger partial charge in [0.1, 0.15) is 5.82 Å². The normalized spacial score (nSPS) is 10.8. The summed E-state index contributed by atoms with van der Waals surface area (Å²) in [7, 11) is 0. The molecule has 3 nitrogen and oxygen atoms in total. The van der Waals surface area contributed by atoms with Gasteiger partial charge in [0.05, 0.1) is 12.0 Å². The van der Waals surface area contributed by atoms with E-state index in [1.165, 1.54) is 17.8 Å². The minimum Gasteiger partial charge on any atom is -0.272 e. The molecule has 2 rings (SSSR count). The summed E-state index contributed by atoms with van der Waals surface area (Å²) in [5, 5.41) is 3.76. The van der Waals surface area contributed by atoms with Crippen LogP contribution in [0.5, 0.6) is 0 Å². The average Bonchev–Trinajstić information content (AvgIpc) is 2.54. The topological polar surface area (TPSA) is 41.5 Å². The van der Waals surface area contributed by atoms with Gasteiger partial charge in [0, 0.05) is 5.56 Å². The first-order valence-electron chi connectivity index (χ1n) is 6.94. The van der Waals surface area contributed by atoms with Gasteiger partial charge < -0.3 is 0 Å². The van der Waals surface area contributed by atoms with Crippen LogP contribution in [0.2, 0.25) is 0 Å². The number of thioether (sulfide) groups is 1. The fourth-order valence-corrected chi connectivity index (χ4v) is 2.56. The Morgan fingerprint density at radius 1 is 1.14 bits per heavy atom. The SMILES string of the molecule is O=C(CSCCc1ccccc1)N/N=C\c1ccccc1F. The molecule has 0 unspecified atom stereocenters. The molecule has 0 heterocycles. The first-order valence-corrected chi connectivity index (χ1v) is 8.09. The van der Waals surface area contributed by atoms with Crippen LogP contribution < -0.4 is 5.43 Å². The summed E-state index contributed by atoms with van der Waals surface area (Å²) in [5.41, 5.74) is 4.00. The highest BCUT2D eigenvalue weighted by molar-refractivity contribution is 7.99. The van der Waals surface area contributed by atoms with Crippen LogP contribution in [0.4, 0.5) is 4.39 Å². The van der Waals surface area contributed by atoms with E-state index in [0.29, 0.717) is 11.3 Å². The standard InChI is InChI=1S/C17H17FN2OS/c18-16-9-5-4-8-15(16)12-19-20-17(21)13-22-11-10-14-6-2-1-3-7-14/h1-9,12H,10-11,13H2,(H,20,21)/b19-12-. The van der Waals surface area contributed by atoms with Crippen LogP contribution in [0.15, 0.2) is 59.7 Å². The Labute approximate surface area is 133 Å². The van der Waals surface area contributed by atoms with E-state index < -0.39 is 0 Å². The first kappa shape index (κ1) is 16.2. The summed E-state index contributed by atoms with van der Waals surface area (Å²) in [5.74, 6) is 0.652. The van der Waals surface area contributed by atoms with Crippen LogP contribution in [0.1, 0.15) is 11.1 Å². The number of benzene rings is 2. The van der Waals surface area contributed by atoms with Gasteiger partial charge in [0.25, 0.3) is 0 Å². The van der Waals surface area contributed by atoms with Crippen molar-refractivity contribution >= 4 is 23.9 Å². The minimum atomic E-state index is -0.363. The Bertz CT molecular complexity index is 632. The second-order valence-electron chi connectivity index (χ2n) is 4.60. The van der Waals surface area contributed by atoms with Crippen LogP contribution in [-0.4, -0.2) is 23.6 Å².